The highest BCUT2D eigenvalue weighted by molar-refractivity contribution is 5.84. The van der Waals surface area contributed by atoms with Crippen molar-refractivity contribution in [1.29, 1.82) is 0 Å². The highest BCUT2D eigenvalue weighted by Crippen LogP contribution is 2.09. The van der Waals surface area contributed by atoms with Gasteiger partial charge in [-0.3, -0.25) is 0 Å². The second-order valence-corrected chi connectivity index (χ2v) is 5.61. The molecule has 0 aromatic heterocycles. The molecule has 0 saturated carbocycles. The Labute approximate surface area is 127 Å². The second kappa shape index (κ2) is 9.53. The van der Waals surface area contributed by atoms with Gasteiger partial charge in [-0.2, -0.15) is 0 Å². The minimum absolute atomic E-state index is 0.718. The zero-order valence-electron chi connectivity index (χ0n) is 12.7. The Morgan fingerprint density at radius 3 is 2.52 bits per heavy atom. The van der Waals surface area contributed by atoms with Crippen LogP contribution >= 0.6 is 0 Å². The molecule has 0 radical (unpaired) electrons. The van der Waals surface area contributed by atoms with Crippen LogP contribution in [0.3, 0.4) is 0 Å². The van der Waals surface area contributed by atoms with E-state index in [4.69, 9.17) is 9.94 Å². The molecule has 1 heterocycles. The molecule has 0 spiro atoms. The zero-order chi connectivity index (χ0) is 14.8. The molecule has 1 fully saturated rings. The lowest BCUT2D eigenvalue weighted by atomic mass is 10.1. The van der Waals surface area contributed by atoms with E-state index >= 15 is 0 Å². The van der Waals surface area contributed by atoms with Crippen molar-refractivity contribution >= 4 is 5.71 Å². The predicted octanol–water partition coefficient (Wildman–Crippen LogP) is 3.30. The molecule has 2 rings (SSSR count). The van der Waals surface area contributed by atoms with Gasteiger partial charge in [0.15, 0.2) is 0 Å². The van der Waals surface area contributed by atoms with E-state index in [1.165, 1.54) is 18.4 Å². The van der Waals surface area contributed by atoms with Crippen LogP contribution in [-0.4, -0.2) is 42.1 Å². The van der Waals surface area contributed by atoms with Crippen molar-refractivity contribution < 1.29 is 9.94 Å². The third-order valence-electron chi connectivity index (χ3n) is 3.95. The quantitative estimate of drug-likeness (QED) is 0.454. The Hall–Kier alpha value is -1.39. The summed E-state index contributed by atoms with van der Waals surface area (Å²) in [6, 6.07) is 10.3. The van der Waals surface area contributed by atoms with Crippen LogP contribution in [0.15, 0.2) is 35.5 Å². The Bertz CT molecular complexity index is 410. The third-order valence-corrected chi connectivity index (χ3v) is 3.95. The Kier molecular flexibility index (Phi) is 7.25. The number of piperidine rings is 1. The number of benzene rings is 1. The molecule has 1 aromatic rings. The number of nitrogens with zero attached hydrogens (tertiary/aromatic N) is 2. The smallest absolute Gasteiger partial charge is 0.0716 e. The molecule has 0 aliphatic carbocycles. The van der Waals surface area contributed by atoms with Gasteiger partial charge in [0, 0.05) is 32.5 Å². The topological polar surface area (TPSA) is 45.1 Å². The summed E-state index contributed by atoms with van der Waals surface area (Å²) in [6.07, 6.45) is 5.39. The molecule has 1 aromatic carbocycles. The minimum Gasteiger partial charge on any atom is -0.411 e. The van der Waals surface area contributed by atoms with Gasteiger partial charge in [0.1, 0.15) is 0 Å². The first kappa shape index (κ1) is 16.0. The van der Waals surface area contributed by atoms with Crippen LogP contribution in [0, 0.1) is 0 Å². The number of oxime groups is 1. The van der Waals surface area contributed by atoms with Crippen LogP contribution in [0.2, 0.25) is 0 Å². The molecule has 4 nitrogen and oxygen atoms in total. The molecule has 4 heteroatoms. The lowest BCUT2D eigenvalue weighted by Crippen LogP contribution is -2.34. The molecule has 0 unspecified atom stereocenters. The van der Waals surface area contributed by atoms with E-state index in [0.717, 1.165) is 57.8 Å². The fourth-order valence-electron chi connectivity index (χ4n) is 2.62. The lowest BCUT2D eigenvalue weighted by molar-refractivity contribution is 0.116. The number of unbranched alkanes of at least 4 members (excludes halogenated alkanes) is 2. The van der Waals surface area contributed by atoms with Crippen molar-refractivity contribution in [3.8, 4) is 0 Å². The molecule has 0 atom stereocenters. The summed E-state index contributed by atoms with van der Waals surface area (Å²) < 4.78 is 5.68. The highest BCUT2D eigenvalue weighted by Gasteiger charge is 2.14. The van der Waals surface area contributed by atoms with Crippen LogP contribution in [0.5, 0.6) is 0 Å². The van der Waals surface area contributed by atoms with E-state index in [1.54, 1.807) is 0 Å². The first-order valence-corrected chi connectivity index (χ1v) is 7.92. The molecule has 1 aliphatic rings. The van der Waals surface area contributed by atoms with Crippen molar-refractivity contribution in [3.63, 3.8) is 0 Å². The van der Waals surface area contributed by atoms with Crippen LogP contribution in [0.4, 0.5) is 0 Å². The van der Waals surface area contributed by atoms with Crippen LogP contribution < -0.4 is 0 Å². The second-order valence-electron chi connectivity index (χ2n) is 5.61. The zero-order valence-corrected chi connectivity index (χ0v) is 12.7. The van der Waals surface area contributed by atoms with Gasteiger partial charge in [0.05, 0.1) is 12.3 Å². The van der Waals surface area contributed by atoms with E-state index in [1.807, 2.05) is 18.2 Å². The molecule has 0 amide bonds. The number of rotatable bonds is 8. The highest BCUT2D eigenvalue weighted by atomic mass is 16.5. The van der Waals surface area contributed by atoms with Crippen molar-refractivity contribution in [2.24, 2.45) is 5.16 Å². The summed E-state index contributed by atoms with van der Waals surface area (Å²) in [6.45, 7) is 4.78. The standard InChI is InChI=1S/C17H26N2O2/c20-18-17-9-12-19(13-10-17)11-5-2-6-14-21-15-16-7-3-1-4-8-16/h1,3-4,7-8,20H,2,5-6,9-15H2. The van der Waals surface area contributed by atoms with Gasteiger partial charge < -0.3 is 14.8 Å². The summed E-state index contributed by atoms with van der Waals surface area (Å²) in [5.74, 6) is 0. The molecule has 21 heavy (non-hydrogen) atoms. The average molecular weight is 290 g/mol. The first-order valence-electron chi connectivity index (χ1n) is 7.92. The fourth-order valence-corrected chi connectivity index (χ4v) is 2.62. The van der Waals surface area contributed by atoms with Gasteiger partial charge in [-0.05, 0) is 31.4 Å². The Morgan fingerprint density at radius 1 is 1.05 bits per heavy atom. The van der Waals surface area contributed by atoms with Crippen molar-refractivity contribution in [1.82, 2.24) is 4.90 Å². The normalized spacial score (nSPS) is 16.1. The number of hydrogen-bond acceptors (Lipinski definition) is 4. The number of likely N-dealkylation sites (tertiary alicyclic amines) is 1. The van der Waals surface area contributed by atoms with Crippen molar-refractivity contribution in [2.45, 2.75) is 38.7 Å². The van der Waals surface area contributed by atoms with E-state index in [0.29, 0.717) is 0 Å². The lowest BCUT2D eigenvalue weighted by Gasteiger charge is -2.26. The molecular formula is C17H26N2O2. The SMILES string of the molecule is ON=C1CCN(CCCCCOCc2ccccc2)CC1. The first-order chi connectivity index (χ1) is 10.4. The van der Waals surface area contributed by atoms with Crippen LogP contribution in [-0.2, 0) is 11.3 Å². The maximum absolute atomic E-state index is 8.71. The van der Waals surface area contributed by atoms with Gasteiger partial charge in [-0.15, -0.1) is 0 Å². The average Bonchev–Trinajstić information content (AvgIpc) is 2.55. The van der Waals surface area contributed by atoms with E-state index < -0.39 is 0 Å². The molecular weight excluding hydrogens is 264 g/mol. The summed E-state index contributed by atoms with van der Waals surface area (Å²) in [7, 11) is 0. The van der Waals surface area contributed by atoms with Crippen molar-refractivity contribution in [2.75, 3.05) is 26.2 Å². The Morgan fingerprint density at radius 2 is 1.81 bits per heavy atom. The molecule has 1 aliphatic heterocycles. The summed E-state index contributed by atoms with van der Waals surface area (Å²) in [4.78, 5) is 2.46. The number of ether oxygens (including phenoxy) is 1. The monoisotopic (exact) mass is 290 g/mol. The molecule has 0 bridgehead atoms. The minimum atomic E-state index is 0.718. The van der Waals surface area contributed by atoms with E-state index in [2.05, 4.69) is 22.2 Å². The van der Waals surface area contributed by atoms with E-state index in [-0.39, 0.29) is 0 Å². The summed E-state index contributed by atoms with van der Waals surface area (Å²) in [5.41, 5.74) is 2.19. The summed E-state index contributed by atoms with van der Waals surface area (Å²) >= 11 is 0. The van der Waals surface area contributed by atoms with Gasteiger partial charge in [0.25, 0.3) is 0 Å². The fraction of sp³-hybridized carbons (Fsp3) is 0.588. The Balaban J connectivity index is 1.44. The molecule has 116 valence electrons. The van der Waals surface area contributed by atoms with Crippen molar-refractivity contribution in [3.05, 3.63) is 35.9 Å². The van der Waals surface area contributed by atoms with Crippen LogP contribution in [0.1, 0.15) is 37.7 Å². The predicted molar refractivity (Wildman–Crippen MR) is 84.8 cm³/mol. The van der Waals surface area contributed by atoms with E-state index in [9.17, 15) is 0 Å². The van der Waals surface area contributed by atoms with Gasteiger partial charge in [-0.25, -0.2) is 0 Å². The largest absolute Gasteiger partial charge is 0.411 e. The van der Waals surface area contributed by atoms with Gasteiger partial charge in [-0.1, -0.05) is 35.5 Å². The van der Waals surface area contributed by atoms with Crippen LogP contribution in [0.25, 0.3) is 0 Å². The summed E-state index contributed by atoms with van der Waals surface area (Å²) in [5, 5.41) is 12.0. The molecule has 1 saturated heterocycles. The molecule has 1 N–H and O–H groups in total. The maximum atomic E-state index is 8.71. The third kappa shape index (κ3) is 6.27. The van der Waals surface area contributed by atoms with Gasteiger partial charge in [0.2, 0.25) is 0 Å². The maximum Gasteiger partial charge on any atom is 0.0716 e. The van der Waals surface area contributed by atoms with Gasteiger partial charge >= 0.3 is 0 Å². The number of hydrogen-bond donors (Lipinski definition) is 1.